The average molecular weight is 486 g/mol. The first-order valence-electron chi connectivity index (χ1n) is 7.55. The molecule has 2 aromatic rings. The number of benzene rings is 2. The molecule has 0 aliphatic carbocycles. The van der Waals surface area contributed by atoms with Crippen molar-refractivity contribution in [1.29, 1.82) is 0 Å². The van der Waals surface area contributed by atoms with Gasteiger partial charge in [0.2, 0.25) is 0 Å². The minimum absolute atomic E-state index is 0.105. The number of nitrogens with zero attached hydrogens (tertiary/aromatic N) is 2. The largest absolute Gasteiger partial charge is 0.298 e. The fourth-order valence-corrected chi connectivity index (χ4v) is 3.81. The number of carbonyl (C=O) groups is 1. The molecule has 2 unspecified atom stereocenters. The summed E-state index contributed by atoms with van der Waals surface area (Å²) >= 11 is 6.65. The third-order valence-electron chi connectivity index (χ3n) is 4.17. The van der Waals surface area contributed by atoms with E-state index < -0.39 is 21.7 Å². The van der Waals surface area contributed by atoms with Crippen molar-refractivity contribution in [2.24, 2.45) is 0 Å². The molecule has 26 heavy (non-hydrogen) atoms. The predicted octanol–water partition coefficient (Wildman–Crippen LogP) is 5.50. The van der Waals surface area contributed by atoms with Gasteiger partial charge in [0.15, 0.2) is 0 Å². The molecule has 136 valence electrons. The molecule has 0 bridgehead atoms. The molecular formula is C17H14Br2N2O5. The molecule has 0 spiro atoms. The van der Waals surface area contributed by atoms with Crippen LogP contribution in [0.2, 0.25) is 0 Å². The molecule has 0 radical (unpaired) electrons. The van der Waals surface area contributed by atoms with E-state index in [0.29, 0.717) is 20.1 Å². The molecule has 0 N–H and O–H groups in total. The molecule has 0 aliphatic rings. The summed E-state index contributed by atoms with van der Waals surface area (Å²) in [5.41, 5.74) is 0.786. The van der Waals surface area contributed by atoms with Crippen LogP contribution in [-0.4, -0.2) is 15.6 Å². The first-order valence-corrected chi connectivity index (χ1v) is 9.13. The molecule has 7 nitrogen and oxygen atoms in total. The minimum Gasteiger partial charge on any atom is -0.298 e. The van der Waals surface area contributed by atoms with Crippen LogP contribution < -0.4 is 0 Å². The van der Waals surface area contributed by atoms with E-state index in [9.17, 15) is 25.0 Å². The number of hydrogen-bond donors (Lipinski definition) is 0. The summed E-state index contributed by atoms with van der Waals surface area (Å²) in [5.74, 6) is -1.47. The Kier molecular flexibility index (Phi) is 6.25. The van der Waals surface area contributed by atoms with Crippen molar-refractivity contribution in [2.45, 2.75) is 25.7 Å². The summed E-state index contributed by atoms with van der Waals surface area (Å²) in [6.45, 7) is 3.32. The third-order valence-corrected chi connectivity index (χ3v) is 5.61. The van der Waals surface area contributed by atoms with Crippen LogP contribution in [0.4, 0.5) is 11.4 Å². The summed E-state index contributed by atoms with van der Waals surface area (Å²) in [4.78, 5) is 33.9. The molecule has 0 fully saturated rings. The maximum absolute atomic E-state index is 12.9. The van der Waals surface area contributed by atoms with Gasteiger partial charge in [0.05, 0.1) is 9.85 Å². The summed E-state index contributed by atoms with van der Waals surface area (Å²) in [5, 5.41) is 22.0. The molecule has 2 atom stereocenters. The SMILES string of the molecule is CC(C(=O)C(C)c1cc([N+](=O)[O-])ccc1Br)c1cc([N+](=O)[O-])ccc1Br. The van der Waals surface area contributed by atoms with Crippen LogP contribution in [0.3, 0.4) is 0 Å². The lowest BCUT2D eigenvalue weighted by Crippen LogP contribution is -2.17. The zero-order valence-corrected chi connectivity index (χ0v) is 17.0. The molecule has 0 amide bonds. The van der Waals surface area contributed by atoms with Gasteiger partial charge in [-0.25, -0.2) is 0 Å². The van der Waals surface area contributed by atoms with Crippen LogP contribution in [0.25, 0.3) is 0 Å². The van der Waals surface area contributed by atoms with Gasteiger partial charge < -0.3 is 0 Å². The van der Waals surface area contributed by atoms with Crippen molar-refractivity contribution < 1.29 is 14.6 Å². The highest BCUT2D eigenvalue weighted by atomic mass is 79.9. The van der Waals surface area contributed by atoms with Crippen molar-refractivity contribution in [3.63, 3.8) is 0 Å². The number of rotatable bonds is 6. The van der Waals surface area contributed by atoms with Gasteiger partial charge in [0.25, 0.3) is 11.4 Å². The van der Waals surface area contributed by atoms with Crippen molar-refractivity contribution in [2.75, 3.05) is 0 Å². The molecule has 9 heteroatoms. The zero-order valence-electron chi connectivity index (χ0n) is 13.8. The van der Waals surface area contributed by atoms with Crippen molar-refractivity contribution in [1.82, 2.24) is 0 Å². The highest BCUT2D eigenvalue weighted by Gasteiger charge is 2.28. The van der Waals surface area contributed by atoms with Crippen molar-refractivity contribution in [3.05, 3.63) is 76.7 Å². The number of hydrogen-bond acceptors (Lipinski definition) is 5. The van der Waals surface area contributed by atoms with E-state index in [-0.39, 0.29) is 17.2 Å². The molecule has 0 saturated heterocycles. The Bertz CT molecular complexity index is 829. The molecule has 2 rings (SSSR count). The van der Waals surface area contributed by atoms with E-state index in [1.54, 1.807) is 13.8 Å². The number of carbonyl (C=O) groups excluding carboxylic acids is 1. The van der Waals surface area contributed by atoms with Crippen LogP contribution >= 0.6 is 31.9 Å². The van der Waals surface area contributed by atoms with Gasteiger partial charge >= 0.3 is 0 Å². The van der Waals surface area contributed by atoms with Gasteiger partial charge in [-0.15, -0.1) is 0 Å². The first-order chi connectivity index (χ1) is 12.1. The molecule has 0 saturated carbocycles. The molecule has 0 heterocycles. The second kappa shape index (κ2) is 8.05. The fourth-order valence-electron chi connectivity index (χ4n) is 2.63. The number of nitro benzene ring substituents is 2. The Morgan fingerprint density at radius 2 is 1.19 bits per heavy atom. The second-order valence-electron chi connectivity index (χ2n) is 5.77. The summed E-state index contributed by atoms with van der Waals surface area (Å²) in [7, 11) is 0. The summed E-state index contributed by atoms with van der Waals surface area (Å²) in [6, 6.07) is 8.50. The highest BCUT2D eigenvalue weighted by Crippen LogP contribution is 2.36. The van der Waals surface area contributed by atoms with Crippen LogP contribution in [0.5, 0.6) is 0 Å². The predicted molar refractivity (Wildman–Crippen MR) is 103 cm³/mol. The summed E-state index contributed by atoms with van der Waals surface area (Å²) in [6.07, 6.45) is 0. The molecule has 2 aromatic carbocycles. The van der Waals surface area contributed by atoms with E-state index in [2.05, 4.69) is 31.9 Å². The second-order valence-corrected chi connectivity index (χ2v) is 7.48. The van der Waals surface area contributed by atoms with Gasteiger partial charge in [-0.05, 0) is 23.3 Å². The van der Waals surface area contributed by atoms with Crippen LogP contribution in [0.1, 0.15) is 36.8 Å². The Balaban J connectivity index is 2.40. The van der Waals surface area contributed by atoms with Crippen LogP contribution in [-0.2, 0) is 4.79 Å². The van der Waals surface area contributed by atoms with Crippen LogP contribution in [0, 0.1) is 20.2 Å². The van der Waals surface area contributed by atoms with Crippen molar-refractivity contribution >= 4 is 49.0 Å². The van der Waals surface area contributed by atoms with Gasteiger partial charge in [-0.1, -0.05) is 45.7 Å². The topological polar surface area (TPSA) is 103 Å². The monoisotopic (exact) mass is 484 g/mol. The normalized spacial score (nSPS) is 13.1. The Morgan fingerprint density at radius 1 is 0.846 bits per heavy atom. The number of non-ortho nitro benzene ring substituents is 2. The smallest absolute Gasteiger partial charge is 0.269 e. The Morgan fingerprint density at radius 3 is 1.50 bits per heavy atom. The van der Waals surface area contributed by atoms with Crippen molar-refractivity contribution in [3.8, 4) is 0 Å². The minimum atomic E-state index is -0.634. The van der Waals surface area contributed by atoms with Crippen LogP contribution in [0.15, 0.2) is 45.3 Å². The van der Waals surface area contributed by atoms with E-state index in [1.165, 1.54) is 36.4 Å². The molecule has 0 aromatic heterocycles. The number of halogens is 2. The van der Waals surface area contributed by atoms with E-state index in [1.807, 2.05) is 0 Å². The Labute approximate surface area is 166 Å². The van der Waals surface area contributed by atoms with E-state index >= 15 is 0 Å². The number of nitro groups is 2. The van der Waals surface area contributed by atoms with Gasteiger partial charge in [0, 0.05) is 45.0 Å². The molecule has 0 aliphatic heterocycles. The quantitative estimate of drug-likeness (QED) is 0.396. The van der Waals surface area contributed by atoms with E-state index in [4.69, 9.17) is 0 Å². The lowest BCUT2D eigenvalue weighted by atomic mass is 9.85. The lowest BCUT2D eigenvalue weighted by Gasteiger charge is -2.19. The average Bonchev–Trinajstić information content (AvgIpc) is 2.60. The number of Topliss-reactive ketones (excluding diaryl/α,β-unsaturated/α-hetero) is 1. The maximum Gasteiger partial charge on any atom is 0.269 e. The third kappa shape index (κ3) is 4.16. The maximum atomic E-state index is 12.9. The fraction of sp³-hybridized carbons (Fsp3) is 0.235. The van der Waals surface area contributed by atoms with E-state index in [0.717, 1.165) is 0 Å². The zero-order chi connectivity index (χ0) is 19.6. The number of ketones is 1. The lowest BCUT2D eigenvalue weighted by molar-refractivity contribution is -0.385. The summed E-state index contributed by atoms with van der Waals surface area (Å²) < 4.78 is 1.18. The standard InChI is InChI=1S/C17H14Br2N2O5/c1-9(13-7-11(20(23)24)3-5-15(13)18)17(22)10(2)14-8-12(21(25)26)4-6-16(14)19/h3-10H,1-2H3. The van der Waals surface area contributed by atoms with Gasteiger partial charge in [0.1, 0.15) is 5.78 Å². The Hall–Kier alpha value is -2.13. The highest BCUT2D eigenvalue weighted by molar-refractivity contribution is 9.10. The van der Waals surface area contributed by atoms with Gasteiger partial charge in [-0.2, -0.15) is 0 Å². The molecular weight excluding hydrogens is 472 g/mol. The van der Waals surface area contributed by atoms with Gasteiger partial charge in [-0.3, -0.25) is 25.0 Å². The first kappa shape index (κ1) is 20.2.